The molecule has 1 rings (SSSR count). The molecule has 98 valence electrons. The molecule has 0 aliphatic carbocycles. The third-order valence-corrected chi connectivity index (χ3v) is 4.10. The van der Waals surface area contributed by atoms with Gasteiger partial charge in [0.15, 0.2) is 0 Å². The average molecular weight is 255 g/mol. The maximum absolute atomic E-state index is 4.48. The molecule has 0 saturated carbocycles. The van der Waals surface area contributed by atoms with Gasteiger partial charge in [-0.2, -0.15) is 0 Å². The van der Waals surface area contributed by atoms with Gasteiger partial charge in [0, 0.05) is 10.9 Å². The summed E-state index contributed by atoms with van der Waals surface area (Å²) in [6, 6.07) is 0.408. The molecule has 1 heterocycles. The Labute approximate surface area is 109 Å². The summed E-state index contributed by atoms with van der Waals surface area (Å²) in [5.74, 6) is 0.659. The molecule has 0 fully saturated rings. The van der Waals surface area contributed by atoms with E-state index in [4.69, 9.17) is 0 Å². The van der Waals surface area contributed by atoms with Crippen LogP contribution >= 0.6 is 11.3 Å². The Balaban J connectivity index is 2.39. The summed E-state index contributed by atoms with van der Waals surface area (Å²) in [4.78, 5) is 5.85. The molecule has 2 atom stereocenters. The second kappa shape index (κ2) is 7.09. The van der Waals surface area contributed by atoms with Crippen molar-refractivity contribution >= 4 is 11.3 Å². The highest BCUT2D eigenvalue weighted by molar-refractivity contribution is 7.11. The topological polar surface area (TPSA) is 37.0 Å². The highest BCUT2D eigenvalue weighted by atomic mass is 32.1. The van der Waals surface area contributed by atoms with Gasteiger partial charge in [0.05, 0.1) is 10.7 Å². The van der Waals surface area contributed by atoms with Crippen LogP contribution in [0.3, 0.4) is 0 Å². The van der Waals surface area contributed by atoms with Crippen LogP contribution in [0.15, 0.2) is 0 Å². The zero-order chi connectivity index (χ0) is 12.8. The van der Waals surface area contributed by atoms with E-state index in [1.807, 2.05) is 0 Å². The van der Waals surface area contributed by atoms with Gasteiger partial charge < -0.3 is 10.6 Å². The summed E-state index contributed by atoms with van der Waals surface area (Å²) in [7, 11) is 0. The molecule has 0 spiro atoms. The lowest BCUT2D eigenvalue weighted by Gasteiger charge is -2.17. The van der Waals surface area contributed by atoms with Crippen molar-refractivity contribution in [3.63, 3.8) is 0 Å². The van der Waals surface area contributed by atoms with E-state index >= 15 is 0 Å². The summed E-state index contributed by atoms with van der Waals surface area (Å²) in [6.07, 6.45) is 0. The van der Waals surface area contributed by atoms with Gasteiger partial charge in [-0.05, 0) is 46.3 Å². The number of hydrogen-bond donors (Lipinski definition) is 2. The van der Waals surface area contributed by atoms with E-state index in [0.29, 0.717) is 12.0 Å². The number of nitrogens with one attached hydrogen (secondary N) is 2. The molecule has 2 N–H and O–H groups in total. The third-order valence-electron chi connectivity index (χ3n) is 2.85. The average Bonchev–Trinajstić information content (AvgIpc) is 2.62. The highest BCUT2D eigenvalue weighted by Crippen LogP contribution is 2.24. The van der Waals surface area contributed by atoms with E-state index in [9.17, 15) is 0 Å². The number of thiazole rings is 1. The molecule has 0 saturated heterocycles. The van der Waals surface area contributed by atoms with E-state index in [0.717, 1.165) is 24.6 Å². The van der Waals surface area contributed by atoms with Gasteiger partial charge in [-0.15, -0.1) is 11.3 Å². The van der Waals surface area contributed by atoms with Crippen LogP contribution in [0, 0.1) is 19.8 Å². The number of hydrogen-bond acceptors (Lipinski definition) is 4. The predicted molar refractivity (Wildman–Crippen MR) is 75.7 cm³/mol. The number of rotatable bonds is 7. The second-order valence-electron chi connectivity index (χ2n) is 4.73. The SMILES string of the molecule is CCNCC(C)CNC(C)c1sc(C)nc1C. The van der Waals surface area contributed by atoms with Crippen LogP contribution in [0.2, 0.25) is 0 Å². The van der Waals surface area contributed by atoms with Gasteiger partial charge in [-0.25, -0.2) is 4.98 Å². The van der Waals surface area contributed by atoms with Crippen LogP contribution < -0.4 is 10.6 Å². The lowest BCUT2D eigenvalue weighted by molar-refractivity contribution is 0.450. The van der Waals surface area contributed by atoms with Crippen LogP contribution in [-0.4, -0.2) is 24.6 Å². The number of nitrogens with zero attached hydrogens (tertiary/aromatic N) is 1. The van der Waals surface area contributed by atoms with Crippen molar-refractivity contribution in [2.75, 3.05) is 19.6 Å². The summed E-state index contributed by atoms with van der Waals surface area (Å²) in [5.41, 5.74) is 1.17. The van der Waals surface area contributed by atoms with Crippen LogP contribution in [0.4, 0.5) is 0 Å². The molecule has 4 heteroatoms. The van der Waals surface area contributed by atoms with Crippen LogP contribution in [0.5, 0.6) is 0 Å². The van der Waals surface area contributed by atoms with Crippen LogP contribution in [0.1, 0.15) is 42.4 Å². The van der Waals surface area contributed by atoms with E-state index in [1.165, 1.54) is 10.6 Å². The lowest BCUT2D eigenvalue weighted by Crippen LogP contribution is -2.30. The molecule has 3 nitrogen and oxygen atoms in total. The molecule has 0 aromatic carbocycles. The minimum Gasteiger partial charge on any atom is -0.317 e. The zero-order valence-electron chi connectivity index (χ0n) is 11.6. The second-order valence-corrected chi connectivity index (χ2v) is 5.96. The fraction of sp³-hybridized carbons (Fsp3) is 0.769. The lowest BCUT2D eigenvalue weighted by atomic mass is 10.1. The molecule has 0 aliphatic heterocycles. The molecular weight excluding hydrogens is 230 g/mol. The first kappa shape index (κ1) is 14.6. The third kappa shape index (κ3) is 4.74. The van der Waals surface area contributed by atoms with Crippen molar-refractivity contribution in [2.45, 2.75) is 40.7 Å². The Bertz CT molecular complexity index is 335. The molecule has 0 bridgehead atoms. The molecule has 0 radical (unpaired) electrons. The van der Waals surface area contributed by atoms with Gasteiger partial charge >= 0.3 is 0 Å². The monoisotopic (exact) mass is 255 g/mol. The Kier molecular flexibility index (Phi) is 6.09. The summed E-state index contributed by atoms with van der Waals surface area (Å²) < 4.78 is 0. The summed E-state index contributed by atoms with van der Waals surface area (Å²) >= 11 is 1.80. The van der Waals surface area contributed by atoms with Gasteiger partial charge in [-0.3, -0.25) is 0 Å². The first-order valence-electron chi connectivity index (χ1n) is 6.42. The fourth-order valence-electron chi connectivity index (χ4n) is 1.88. The first-order chi connectivity index (χ1) is 8.04. The maximum atomic E-state index is 4.48. The molecule has 0 amide bonds. The van der Waals surface area contributed by atoms with Crippen molar-refractivity contribution in [1.29, 1.82) is 0 Å². The smallest absolute Gasteiger partial charge is 0.0900 e. The molecule has 17 heavy (non-hydrogen) atoms. The molecule has 2 unspecified atom stereocenters. The van der Waals surface area contributed by atoms with Gasteiger partial charge in [0.25, 0.3) is 0 Å². The van der Waals surface area contributed by atoms with E-state index in [1.54, 1.807) is 11.3 Å². The standard InChI is InChI=1S/C13H25N3S/c1-6-14-7-9(2)8-15-10(3)13-11(4)16-12(5)17-13/h9-10,14-15H,6-8H2,1-5H3. The molecule has 1 aromatic heterocycles. The van der Waals surface area contributed by atoms with Gasteiger partial charge in [0.2, 0.25) is 0 Å². The summed E-state index contributed by atoms with van der Waals surface area (Å²) in [5, 5.41) is 8.13. The molecule has 0 aliphatic rings. The van der Waals surface area contributed by atoms with E-state index in [-0.39, 0.29) is 0 Å². The van der Waals surface area contributed by atoms with E-state index in [2.05, 4.69) is 50.2 Å². The predicted octanol–water partition coefficient (Wildman–Crippen LogP) is 2.66. The zero-order valence-corrected chi connectivity index (χ0v) is 12.4. The minimum absolute atomic E-state index is 0.408. The Morgan fingerprint density at radius 2 is 1.94 bits per heavy atom. The van der Waals surface area contributed by atoms with Gasteiger partial charge in [-0.1, -0.05) is 13.8 Å². The maximum Gasteiger partial charge on any atom is 0.0900 e. The number of aryl methyl sites for hydroxylation is 2. The van der Waals surface area contributed by atoms with Crippen LogP contribution in [0.25, 0.3) is 0 Å². The fourth-order valence-corrected chi connectivity index (χ4v) is 2.84. The van der Waals surface area contributed by atoms with Crippen molar-refractivity contribution < 1.29 is 0 Å². The first-order valence-corrected chi connectivity index (χ1v) is 7.24. The van der Waals surface area contributed by atoms with Crippen molar-refractivity contribution in [2.24, 2.45) is 5.92 Å². The molecule has 1 aromatic rings. The Morgan fingerprint density at radius 1 is 1.24 bits per heavy atom. The minimum atomic E-state index is 0.408. The summed E-state index contributed by atoms with van der Waals surface area (Å²) in [6.45, 7) is 14.0. The Morgan fingerprint density at radius 3 is 2.47 bits per heavy atom. The van der Waals surface area contributed by atoms with Crippen molar-refractivity contribution in [3.05, 3.63) is 15.6 Å². The normalized spacial score (nSPS) is 14.9. The van der Waals surface area contributed by atoms with Crippen molar-refractivity contribution in [1.82, 2.24) is 15.6 Å². The quantitative estimate of drug-likeness (QED) is 0.786. The van der Waals surface area contributed by atoms with Gasteiger partial charge in [0.1, 0.15) is 0 Å². The largest absolute Gasteiger partial charge is 0.317 e. The molecular formula is C13H25N3S. The highest BCUT2D eigenvalue weighted by Gasteiger charge is 2.13. The van der Waals surface area contributed by atoms with E-state index < -0.39 is 0 Å². The number of aromatic nitrogens is 1. The van der Waals surface area contributed by atoms with Crippen LogP contribution in [-0.2, 0) is 0 Å². The Hall–Kier alpha value is -0.450. The van der Waals surface area contributed by atoms with Crippen molar-refractivity contribution in [3.8, 4) is 0 Å².